The summed E-state index contributed by atoms with van der Waals surface area (Å²) in [5.41, 5.74) is 14.8. The molecular formula is C33H38ClN5. The number of hydrogen-bond donors (Lipinski definition) is 2. The number of nitrogens with zero attached hydrogens (tertiary/aromatic N) is 3. The Morgan fingerprint density at radius 3 is 2.54 bits per heavy atom. The molecule has 202 valence electrons. The van der Waals surface area contributed by atoms with Crippen LogP contribution in [0.4, 0.5) is 11.5 Å². The Kier molecular flexibility index (Phi) is 8.08. The molecule has 1 saturated heterocycles. The first-order valence-corrected chi connectivity index (χ1v) is 14.4. The van der Waals surface area contributed by atoms with E-state index in [9.17, 15) is 0 Å². The molecule has 1 aromatic carbocycles. The third-order valence-corrected chi connectivity index (χ3v) is 8.25. The summed E-state index contributed by atoms with van der Waals surface area (Å²) in [6, 6.07) is 12.9. The van der Waals surface area contributed by atoms with Gasteiger partial charge in [0, 0.05) is 37.5 Å². The van der Waals surface area contributed by atoms with Gasteiger partial charge >= 0.3 is 0 Å². The van der Waals surface area contributed by atoms with Crippen LogP contribution in [0.1, 0.15) is 74.4 Å². The molecule has 39 heavy (non-hydrogen) atoms. The summed E-state index contributed by atoms with van der Waals surface area (Å²) in [6.45, 7) is 14.9. The lowest BCUT2D eigenvalue weighted by atomic mass is 9.89. The lowest BCUT2D eigenvalue weighted by molar-refractivity contribution is 0.795. The summed E-state index contributed by atoms with van der Waals surface area (Å²) in [5.74, 6) is 1.44. The number of benzene rings is 1. The van der Waals surface area contributed by atoms with E-state index < -0.39 is 0 Å². The number of para-hydroxylation sites is 1. The van der Waals surface area contributed by atoms with Gasteiger partial charge in [-0.1, -0.05) is 76.2 Å². The minimum atomic E-state index is 0.454. The van der Waals surface area contributed by atoms with Gasteiger partial charge in [0.1, 0.15) is 5.82 Å². The van der Waals surface area contributed by atoms with Gasteiger partial charge in [-0.25, -0.2) is 4.98 Å². The van der Waals surface area contributed by atoms with Crippen molar-refractivity contribution < 1.29 is 0 Å². The number of fused-ring (bicyclic) bond motifs is 1. The Labute approximate surface area is 237 Å². The van der Waals surface area contributed by atoms with Gasteiger partial charge < -0.3 is 9.88 Å². The fourth-order valence-corrected chi connectivity index (χ4v) is 5.71. The number of aromatic amines is 1. The van der Waals surface area contributed by atoms with Crippen LogP contribution in [-0.2, 0) is 12.8 Å². The van der Waals surface area contributed by atoms with Crippen molar-refractivity contribution in [2.45, 2.75) is 59.3 Å². The maximum absolute atomic E-state index is 6.67. The normalized spacial score (nSPS) is 18.8. The van der Waals surface area contributed by atoms with Crippen molar-refractivity contribution >= 4 is 39.4 Å². The topological polar surface area (TPSA) is 56.3 Å². The summed E-state index contributed by atoms with van der Waals surface area (Å²) in [6.07, 6.45) is 9.43. The van der Waals surface area contributed by atoms with Crippen molar-refractivity contribution in [1.82, 2.24) is 9.97 Å². The summed E-state index contributed by atoms with van der Waals surface area (Å²) >= 11 is 6.67. The average molecular weight is 540 g/mol. The molecule has 2 aliphatic rings. The number of hydrogen-bond acceptors (Lipinski definition) is 4. The molecule has 1 aliphatic heterocycles. The number of halogens is 1. The van der Waals surface area contributed by atoms with E-state index in [1.165, 1.54) is 27.8 Å². The minimum absolute atomic E-state index is 0.454. The second kappa shape index (κ2) is 11.7. The van der Waals surface area contributed by atoms with Crippen LogP contribution >= 0.6 is 11.6 Å². The fourth-order valence-electron chi connectivity index (χ4n) is 5.48. The summed E-state index contributed by atoms with van der Waals surface area (Å²) in [4.78, 5) is 10.5. The van der Waals surface area contributed by atoms with E-state index in [0.29, 0.717) is 18.9 Å². The van der Waals surface area contributed by atoms with E-state index in [2.05, 4.69) is 92.1 Å². The molecule has 0 amide bonds. The van der Waals surface area contributed by atoms with Gasteiger partial charge in [0.15, 0.2) is 0 Å². The van der Waals surface area contributed by atoms with Crippen LogP contribution in [0.2, 0.25) is 0 Å². The molecule has 5 rings (SSSR count). The Hall–Kier alpha value is -3.57. The number of anilines is 2. The summed E-state index contributed by atoms with van der Waals surface area (Å²) < 4.78 is 0. The van der Waals surface area contributed by atoms with Crippen molar-refractivity contribution in [3.63, 3.8) is 0 Å². The van der Waals surface area contributed by atoms with E-state index in [4.69, 9.17) is 21.7 Å². The Bertz CT molecular complexity index is 1430. The van der Waals surface area contributed by atoms with Gasteiger partial charge in [0.25, 0.3) is 0 Å². The van der Waals surface area contributed by atoms with Crippen molar-refractivity contribution in [3.8, 4) is 0 Å². The van der Waals surface area contributed by atoms with Gasteiger partial charge in [-0.15, -0.1) is 0 Å². The zero-order valence-corrected chi connectivity index (χ0v) is 24.2. The van der Waals surface area contributed by atoms with Crippen molar-refractivity contribution in [2.75, 3.05) is 23.4 Å². The van der Waals surface area contributed by atoms with Crippen molar-refractivity contribution in [1.29, 1.82) is 0 Å². The van der Waals surface area contributed by atoms with Crippen molar-refractivity contribution in [3.05, 3.63) is 101 Å². The number of allylic oxidation sites excluding steroid dienone is 3. The van der Waals surface area contributed by atoms with Gasteiger partial charge in [-0.05, 0) is 70.7 Å². The van der Waals surface area contributed by atoms with E-state index in [0.717, 1.165) is 64.9 Å². The molecule has 0 bridgehead atoms. The van der Waals surface area contributed by atoms with Crippen LogP contribution in [0, 0.1) is 0 Å². The molecular weight excluding hydrogens is 502 g/mol. The number of nitrogens with one attached hydrogen (secondary N) is 2. The Morgan fingerprint density at radius 1 is 1.10 bits per heavy atom. The number of pyridine rings is 1. The standard InChI is InChI=1S/C33H38ClN5/c1-6-23-9-8-10-24(7-2)32(23)38-37-30-16-18-39(31-14-11-25(19-36-31)21(3)4)20-28(30)26-12-13-29(34)33-27(22(26)5)15-17-35-33/h8-11,13-15,17,19,21,35,38H,5-7,12,16,18,20H2,1-4H3/b28-26+,37-30-. The predicted molar refractivity (Wildman–Crippen MR) is 167 cm³/mol. The predicted octanol–water partition coefficient (Wildman–Crippen LogP) is 8.33. The highest BCUT2D eigenvalue weighted by molar-refractivity contribution is 6.49. The van der Waals surface area contributed by atoms with Crippen LogP contribution in [0.3, 0.4) is 0 Å². The monoisotopic (exact) mass is 539 g/mol. The molecule has 6 heteroatoms. The van der Waals surface area contributed by atoms with E-state index in [1.54, 1.807) is 0 Å². The highest BCUT2D eigenvalue weighted by Crippen LogP contribution is 2.39. The molecule has 2 N–H and O–H groups in total. The largest absolute Gasteiger partial charge is 0.360 e. The first kappa shape index (κ1) is 27.0. The van der Waals surface area contributed by atoms with Gasteiger partial charge in [-0.3, -0.25) is 5.43 Å². The molecule has 3 heterocycles. The second-order valence-electron chi connectivity index (χ2n) is 10.6. The molecule has 0 spiro atoms. The van der Waals surface area contributed by atoms with E-state index in [1.807, 2.05) is 12.4 Å². The highest BCUT2D eigenvalue weighted by Gasteiger charge is 2.28. The molecule has 2 aromatic heterocycles. The van der Waals surface area contributed by atoms with Crippen LogP contribution in [0.15, 0.2) is 77.7 Å². The highest BCUT2D eigenvalue weighted by atomic mass is 35.5. The fraction of sp³-hybridized carbons (Fsp3) is 0.333. The van der Waals surface area contributed by atoms with E-state index >= 15 is 0 Å². The molecule has 1 aliphatic carbocycles. The maximum atomic E-state index is 6.67. The number of H-pyrrole nitrogens is 1. The number of hydrazone groups is 1. The summed E-state index contributed by atoms with van der Waals surface area (Å²) in [7, 11) is 0. The second-order valence-corrected chi connectivity index (χ2v) is 11.0. The first-order chi connectivity index (χ1) is 18.9. The SMILES string of the molecule is C=C1/C(=C2\CN(c3ccc(C(C)C)cn3)CC\C2=N\Nc2c(CC)cccc2CC)CC=C(Cl)c2[nH]ccc21. The number of piperidine rings is 1. The zero-order chi connectivity index (χ0) is 27.5. The summed E-state index contributed by atoms with van der Waals surface area (Å²) in [5, 5.41) is 5.81. The Balaban J connectivity index is 1.56. The van der Waals surface area contributed by atoms with Crippen LogP contribution in [0.25, 0.3) is 10.6 Å². The lowest BCUT2D eigenvalue weighted by Crippen LogP contribution is -2.37. The number of rotatable bonds is 6. The number of aryl methyl sites for hydroxylation is 2. The zero-order valence-electron chi connectivity index (χ0n) is 23.4. The first-order valence-electron chi connectivity index (χ1n) is 14.0. The molecule has 5 nitrogen and oxygen atoms in total. The molecule has 1 fully saturated rings. The van der Waals surface area contributed by atoms with E-state index in [-0.39, 0.29) is 0 Å². The molecule has 0 unspecified atom stereocenters. The smallest absolute Gasteiger partial charge is 0.128 e. The van der Waals surface area contributed by atoms with Crippen molar-refractivity contribution in [2.24, 2.45) is 5.10 Å². The third-order valence-electron chi connectivity index (χ3n) is 7.90. The molecule has 0 radical (unpaired) electrons. The molecule has 0 atom stereocenters. The number of aromatic nitrogens is 2. The molecule has 0 saturated carbocycles. The average Bonchev–Trinajstić information content (AvgIpc) is 3.42. The van der Waals surface area contributed by atoms with Gasteiger partial charge in [0.05, 0.1) is 22.1 Å². The van der Waals surface area contributed by atoms with Crippen LogP contribution in [0.5, 0.6) is 0 Å². The lowest BCUT2D eigenvalue weighted by Gasteiger charge is -2.33. The quantitative estimate of drug-likeness (QED) is 0.309. The third kappa shape index (κ3) is 5.46. The minimum Gasteiger partial charge on any atom is -0.360 e. The van der Waals surface area contributed by atoms with Crippen LogP contribution < -0.4 is 10.3 Å². The Morgan fingerprint density at radius 2 is 1.87 bits per heavy atom. The van der Waals surface area contributed by atoms with Gasteiger partial charge in [-0.2, -0.15) is 5.10 Å². The van der Waals surface area contributed by atoms with Crippen LogP contribution in [-0.4, -0.2) is 28.8 Å². The molecule has 3 aromatic rings. The maximum Gasteiger partial charge on any atom is 0.128 e. The van der Waals surface area contributed by atoms with Gasteiger partial charge in [0.2, 0.25) is 0 Å².